The number of nitrogens with zero attached hydrogens (tertiary/aromatic N) is 2. The second-order valence-corrected chi connectivity index (χ2v) is 8.86. The standard InChI is InChI=1S/C18H18N4O4S2/c1-12-17(27-18(21-12)13-6-4-3-5-7-13)11-20-15-9-8-14(28(25,26)19-2)10-16(15)22(23)24/h3-10,19-20H,11H2,1-2H3. The summed E-state index contributed by atoms with van der Waals surface area (Å²) in [6.07, 6.45) is 0. The van der Waals surface area contributed by atoms with Crippen LogP contribution >= 0.6 is 11.3 Å². The van der Waals surface area contributed by atoms with Crippen molar-refractivity contribution in [3.05, 3.63) is 69.2 Å². The average molecular weight is 419 g/mol. The fourth-order valence-corrected chi connectivity index (χ4v) is 4.33. The maximum Gasteiger partial charge on any atom is 0.293 e. The minimum Gasteiger partial charge on any atom is -0.375 e. The molecule has 8 nitrogen and oxygen atoms in total. The molecule has 146 valence electrons. The lowest BCUT2D eigenvalue weighted by atomic mass is 10.2. The second kappa shape index (κ2) is 8.05. The lowest BCUT2D eigenvalue weighted by molar-refractivity contribution is -0.384. The Morgan fingerprint density at radius 3 is 2.54 bits per heavy atom. The van der Waals surface area contributed by atoms with Crippen molar-refractivity contribution < 1.29 is 13.3 Å². The third-order valence-corrected chi connectivity index (χ3v) is 6.72. The molecule has 2 aromatic carbocycles. The van der Waals surface area contributed by atoms with Gasteiger partial charge in [0.15, 0.2) is 0 Å². The number of thiazole rings is 1. The molecule has 0 spiro atoms. The van der Waals surface area contributed by atoms with Crippen molar-refractivity contribution in [2.24, 2.45) is 0 Å². The highest BCUT2D eigenvalue weighted by Crippen LogP contribution is 2.31. The first-order valence-corrected chi connectivity index (χ1v) is 10.6. The van der Waals surface area contributed by atoms with Crippen LogP contribution in [-0.2, 0) is 16.6 Å². The zero-order valence-electron chi connectivity index (χ0n) is 15.2. The number of sulfonamides is 1. The van der Waals surface area contributed by atoms with Crippen molar-refractivity contribution in [3.63, 3.8) is 0 Å². The number of hydrogen-bond acceptors (Lipinski definition) is 7. The molecule has 0 fully saturated rings. The molecule has 0 saturated carbocycles. The Kier molecular flexibility index (Phi) is 5.73. The molecule has 0 aliphatic heterocycles. The van der Waals surface area contributed by atoms with E-state index in [0.717, 1.165) is 27.2 Å². The van der Waals surface area contributed by atoms with Gasteiger partial charge in [-0.3, -0.25) is 10.1 Å². The van der Waals surface area contributed by atoms with Gasteiger partial charge < -0.3 is 5.32 Å². The van der Waals surface area contributed by atoms with Crippen molar-refractivity contribution in [2.45, 2.75) is 18.4 Å². The highest BCUT2D eigenvalue weighted by atomic mass is 32.2. The number of nitrogens with one attached hydrogen (secondary N) is 2. The van der Waals surface area contributed by atoms with Crippen molar-refractivity contribution in [1.29, 1.82) is 0 Å². The van der Waals surface area contributed by atoms with Crippen molar-refractivity contribution in [2.75, 3.05) is 12.4 Å². The SMILES string of the molecule is CNS(=O)(=O)c1ccc(NCc2sc(-c3ccccc3)nc2C)c([N+](=O)[O-])c1. The molecule has 1 heterocycles. The van der Waals surface area contributed by atoms with Gasteiger partial charge in [0.2, 0.25) is 10.0 Å². The molecule has 0 bridgehead atoms. The van der Waals surface area contributed by atoms with E-state index in [1.165, 1.54) is 30.5 Å². The van der Waals surface area contributed by atoms with Gasteiger partial charge in [0.05, 0.1) is 22.1 Å². The highest BCUT2D eigenvalue weighted by Gasteiger charge is 2.20. The van der Waals surface area contributed by atoms with Gasteiger partial charge in [-0.25, -0.2) is 18.1 Å². The number of nitro groups is 1. The second-order valence-electron chi connectivity index (χ2n) is 5.89. The molecule has 0 saturated heterocycles. The lowest BCUT2D eigenvalue weighted by Gasteiger charge is -2.08. The van der Waals surface area contributed by atoms with E-state index < -0.39 is 14.9 Å². The lowest BCUT2D eigenvalue weighted by Crippen LogP contribution is -2.18. The predicted molar refractivity (Wildman–Crippen MR) is 109 cm³/mol. The van der Waals surface area contributed by atoms with E-state index in [1.807, 2.05) is 37.3 Å². The van der Waals surface area contributed by atoms with Crippen LogP contribution in [0.4, 0.5) is 11.4 Å². The molecule has 3 rings (SSSR count). The molecular formula is C18H18N4O4S2. The van der Waals surface area contributed by atoms with Crippen LogP contribution in [0.3, 0.4) is 0 Å². The maximum atomic E-state index is 11.9. The number of anilines is 1. The van der Waals surface area contributed by atoms with Gasteiger partial charge in [-0.15, -0.1) is 11.3 Å². The topological polar surface area (TPSA) is 114 Å². The van der Waals surface area contributed by atoms with E-state index in [0.29, 0.717) is 6.54 Å². The molecule has 3 aromatic rings. The van der Waals surface area contributed by atoms with E-state index >= 15 is 0 Å². The van der Waals surface area contributed by atoms with Crippen molar-refractivity contribution >= 4 is 32.7 Å². The van der Waals surface area contributed by atoms with Gasteiger partial charge in [-0.2, -0.15) is 0 Å². The Hall–Kier alpha value is -2.82. The largest absolute Gasteiger partial charge is 0.375 e. The Morgan fingerprint density at radius 2 is 1.89 bits per heavy atom. The fourth-order valence-electron chi connectivity index (χ4n) is 2.57. The summed E-state index contributed by atoms with van der Waals surface area (Å²) in [4.78, 5) is 16.1. The number of aryl methyl sites for hydroxylation is 1. The summed E-state index contributed by atoms with van der Waals surface area (Å²) in [5.41, 5.74) is 1.79. The van der Waals surface area contributed by atoms with E-state index in [1.54, 1.807) is 0 Å². The Labute approximate surface area is 166 Å². The van der Waals surface area contributed by atoms with Gasteiger partial charge in [0.25, 0.3) is 5.69 Å². The summed E-state index contributed by atoms with van der Waals surface area (Å²) in [7, 11) is -2.51. The molecule has 2 N–H and O–H groups in total. The summed E-state index contributed by atoms with van der Waals surface area (Å²) in [6.45, 7) is 2.23. The first-order chi connectivity index (χ1) is 13.3. The zero-order valence-corrected chi connectivity index (χ0v) is 16.8. The van der Waals surface area contributed by atoms with E-state index in [9.17, 15) is 18.5 Å². The van der Waals surface area contributed by atoms with Gasteiger partial charge >= 0.3 is 0 Å². The first kappa shape index (κ1) is 19.9. The van der Waals surface area contributed by atoms with Crippen molar-refractivity contribution in [1.82, 2.24) is 9.71 Å². The Balaban J connectivity index is 1.85. The Morgan fingerprint density at radius 1 is 1.18 bits per heavy atom. The summed E-state index contributed by atoms with van der Waals surface area (Å²) < 4.78 is 25.9. The third-order valence-electron chi connectivity index (χ3n) is 4.10. The molecule has 0 amide bonds. The molecule has 0 radical (unpaired) electrons. The summed E-state index contributed by atoms with van der Waals surface area (Å²) in [5, 5.41) is 15.3. The van der Waals surface area contributed by atoms with Gasteiger partial charge in [-0.1, -0.05) is 30.3 Å². The summed E-state index contributed by atoms with van der Waals surface area (Å²) >= 11 is 1.51. The quantitative estimate of drug-likeness (QED) is 0.448. The highest BCUT2D eigenvalue weighted by molar-refractivity contribution is 7.89. The van der Waals surface area contributed by atoms with Gasteiger partial charge in [0.1, 0.15) is 10.7 Å². The number of rotatable bonds is 7. The molecule has 10 heteroatoms. The van der Waals surface area contributed by atoms with Crippen LogP contribution in [0.15, 0.2) is 53.4 Å². The molecule has 0 atom stereocenters. The van der Waals surface area contributed by atoms with Crippen molar-refractivity contribution in [3.8, 4) is 10.6 Å². The zero-order chi connectivity index (χ0) is 20.3. The molecule has 0 aliphatic rings. The van der Waals surface area contributed by atoms with Gasteiger partial charge in [-0.05, 0) is 26.1 Å². The summed E-state index contributed by atoms with van der Waals surface area (Å²) in [5.74, 6) is 0. The van der Waals surface area contributed by atoms with Crippen LogP contribution in [0.25, 0.3) is 10.6 Å². The normalized spacial score (nSPS) is 11.4. The minimum absolute atomic E-state index is 0.160. The smallest absolute Gasteiger partial charge is 0.293 e. The van der Waals surface area contributed by atoms with Crippen LogP contribution in [-0.4, -0.2) is 25.4 Å². The number of aromatic nitrogens is 1. The molecule has 0 unspecified atom stereocenters. The maximum absolute atomic E-state index is 11.9. The monoisotopic (exact) mass is 418 g/mol. The van der Waals surface area contributed by atoms with Gasteiger partial charge in [0, 0.05) is 16.5 Å². The Bertz CT molecular complexity index is 1110. The van der Waals surface area contributed by atoms with E-state index in [-0.39, 0.29) is 16.3 Å². The minimum atomic E-state index is -3.76. The average Bonchev–Trinajstić information content (AvgIpc) is 3.07. The van der Waals surface area contributed by atoms with Crippen LogP contribution in [0.5, 0.6) is 0 Å². The number of benzene rings is 2. The van der Waals surface area contributed by atoms with Crippen LogP contribution < -0.4 is 10.0 Å². The molecule has 28 heavy (non-hydrogen) atoms. The fraction of sp³-hybridized carbons (Fsp3) is 0.167. The number of hydrogen-bond donors (Lipinski definition) is 2. The molecular weight excluding hydrogens is 400 g/mol. The van der Waals surface area contributed by atoms with Crippen LogP contribution in [0.2, 0.25) is 0 Å². The first-order valence-electron chi connectivity index (χ1n) is 8.29. The predicted octanol–water partition coefficient (Wildman–Crippen LogP) is 3.55. The van der Waals surface area contributed by atoms with E-state index in [2.05, 4.69) is 15.0 Å². The number of nitro benzene ring substituents is 1. The van der Waals surface area contributed by atoms with E-state index in [4.69, 9.17) is 0 Å². The summed E-state index contributed by atoms with van der Waals surface area (Å²) in [6, 6.07) is 13.5. The molecule has 1 aromatic heterocycles. The third kappa shape index (κ3) is 4.19. The molecule has 0 aliphatic carbocycles. The van der Waals surface area contributed by atoms with Crippen LogP contribution in [0.1, 0.15) is 10.6 Å². The van der Waals surface area contributed by atoms with Crippen LogP contribution in [0, 0.1) is 17.0 Å².